The average Bonchev–Trinajstić information content (AvgIpc) is 3.27. The molecule has 8 heteroatoms. The second kappa shape index (κ2) is 10.0. The zero-order valence-electron chi connectivity index (χ0n) is 18.0. The van der Waals surface area contributed by atoms with Crippen molar-refractivity contribution >= 4 is 46.8 Å². The molecule has 1 heterocycles. The van der Waals surface area contributed by atoms with E-state index in [4.69, 9.17) is 32.7 Å². The van der Waals surface area contributed by atoms with E-state index in [1.165, 1.54) is 37.5 Å². The standard InChI is InChI=1S/C26H18Cl2N2O4/c1-33-24-13-16(6-9-23(24)34-26(32)20-8-7-19(27)14-21(20)28)12-18(15-29)25(31)30-11-10-17-4-2-3-5-22(17)30/h2-9,12-14H,10-11H2,1H3/b18-12+. The third kappa shape index (κ3) is 4.76. The van der Waals surface area contributed by atoms with Gasteiger partial charge in [-0.15, -0.1) is 0 Å². The Morgan fingerprint density at radius 2 is 1.85 bits per heavy atom. The molecule has 170 valence electrons. The molecular formula is C26H18Cl2N2O4. The molecule has 0 atom stereocenters. The first-order valence-electron chi connectivity index (χ1n) is 10.3. The maximum atomic E-state index is 13.0. The smallest absolute Gasteiger partial charge is 0.345 e. The molecule has 0 bridgehead atoms. The van der Waals surface area contributed by atoms with Crippen molar-refractivity contribution in [3.63, 3.8) is 0 Å². The summed E-state index contributed by atoms with van der Waals surface area (Å²) in [5.74, 6) is -0.638. The Balaban J connectivity index is 1.57. The SMILES string of the molecule is COc1cc(/C=C(\C#N)C(=O)N2CCc3ccccc32)ccc1OC(=O)c1ccc(Cl)cc1Cl. The van der Waals surface area contributed by atoms with Crippen molar-refractivity contribution in [3.05, 3.63) is 93.0 Å². The average molecular weight is 493 g/mol. The number of halogens is 2. The van der Waals surface area contributed by atoms with E-state index in [0.717, 1.165) is 17.7 Å². The number of amides is 1. The number of hydrogen-bond acceptors (Lipinski definition) is 5. The quantitative estimate of drug-likeness (QED) is 0.197. The van der Waals surface area contributed by atoms with Crippen LogP contribution in [-0.2, 0) is 11.2 Å². The van der Waals surface area contributed by atoms with Crippen LogP contribution in [0.4, 0.5) is 5.69 Å². The van der Waals surface area contributed by atoms with E-state index in [2.05, 4.69) is 0 Å². The van der Waals surface area contributed by atoms with Crippen LogP contribution in [-0.4, -0.2) is 25.5 Å². The number of nitrogens with zero attached hydrogens (tertiary/aromatic N) is 2. The van der Waals surface area contributed by atoms with Crippen LogP contribution in [0.15, 0.2) is 66.2 Å². The van der Waals surface area contributed by atoms with Gasteiger partial charge < -0.3 is 14.4 Å². The summed E-state index contributed by atoms with van der Waals surface area (Å²) in [4.78, 5) is 27.2. The van der Waals surface area contributed by atoms with Crippen LogP contribution in [0.2, 0.25) is 10.0 Å². The van der Waals surface area contributed by atoms with Crippen LogP contribution in [0.25, 0.3) is 6.08 Å². The van der Waals surface area contributed by atoms with E-state index in [0.29, 0.717) is 17.1 Å². The Morgan fingerprint density at radius 1 is 1.06 bits per heavy atom. The molecule has 0 fully saturated rings. The Bertz CT molecular complexity index is 1360. The summed E-state index contributed by atoms with van der Waals surface area (Å²) in [7, 11) is 1.42. The predicted molar refractivity (Wildman–Crippen MR) is 131 cm³/mol. The van der Waals surface area contributed by atoms with Crippen LogP contribution in [0.5, 0.6) is 11.5 Å². The molecule has 0 aliphatic carbocycles. The molecule has 0 unspecified atom stereocenters. The highest BCUT2D eigenvalue weighted by atomic mass is 35.5. The number of methoxy groups -OCH3 is 1. The van der Waals surface area contributed by atoms with Crippen molar-refractivity contribution in [2.75, 3.05) is 18.6 Å². The second-order valence-corrected chi connectivity index (χ2v) is 8.27. The van der Waals surface area contributed by atoms with Gasteiger partial charge in [-0.1, -0.05) is 47.5 Å². The lowest BCUT2D eigenvalue weighted by molar-refractivity contribution is -0.114. The minimum atomic E-state index is -0.677. The minimum absolute atomic E-state index is 0.0172. The second-order valence-electron chi connectivity index (χ2n) is 7.43. The van der Waals surface area contributed by atoms with E-state index in [9.17, 15) is 14.9 Å². The van der Waals surface area contributed by atoms with E-state index >= 15 is 0 Å². The fourth-order valence-corrected chi connectivity index (χ4v) is 4.16. The van der Waals surface area contributed by atoms with E-state index in [-0.39, 0.29) is 33.6 Å². The number of ether oxygens (including phenoxy) is 2. The summed E-state index contributed by atoms with van der Waals surface area (Å²) in [6, 6.07) is 18.8. The van der Waals surface area contributed by atoms with Gasteiger partial charge in [-0.2, -0.15) is 5.26 Å². The normalized spacial score (nSPS) is 12.6. The summed E-state index contributed by atoms with van der Waals surface area (Å²) >= 11 is 12.0. The number of anilines is 1. The molecule has 3 aromatic rings. The van der Waals surface area contributed by atoms with Gasteiger partial charge in [0.15, 0.2) is 11.5 Å². The molecule has 6 nitrogen and oxygen atoms in total. The number of carbonyl (C=O) groups excluding carboxylic acids is 2. The number of esters is 1. The van der Waals surface area contributed by atoms with Crippen molar-refractivity contribution in [2.24, 2.45) is 0 Å². The lowest BCUT2D eigenvalue weighted by atomic mass is 10.1. The van der Waals surface area contributed by atoms with Crippen molar-refractivity contribution in [3.8, 4) is 17.6 Å². The summed E-state index contributed by atoms with van der Waals surface area (Å²) in [5, 5.41) is 10.2. The molecule has 0 saturated carbocycles. The lowest BCUT2D eigenvalue weighted by Crippen LogP contribution is -2.29. The maximum absolute atomic E-state index is 13.0. The van der Waals surface area contributed by atoms with E-state index in [1.54, 1.807) is 17.0 Å². The minimum Gasteiger partial charge on any atom is -0.493 e. The highest BCUT2D eigenvalue weighted by Gasteiger charge is 2.26. The monoisotopic (exact) mass is 492 g/mol. The number of fused-ring (bicyclic) bond motifs is 1. The highest BCUT2D eigenvalue weighted by molar-refractivity contribution is 6.36. The third-order valence-corrected chi connectivity index (χ3v) is 5.88. The molecule has 0 saturated heterocycles. The van der Waals surface area contributed by atoms with Gasteiger partial charge in [-0.3, -0.25) is 4.79 Å². The van der Waals surface area contributed by atoms with Gasteiger partial charge in [-0.05, 0) is 60.0 Å². The number of nitriles is 1. The Morgan fingerprint density at radius 3 is 2.59 bits per heavy atom. The van der Waals surface area contributed by atoms with Crippen molar-refractivity contribution < 1.29 is 19.1 Å². The van der Waals surface area contributed by atoms with E-state index < -0.39 is 5.97 Å². The van der Waals surface area contributed by atoms with Crippen LogP contribution < -0.4 is 14.4 Å². The van der Waals surface area contributed by atoms with Gasteiger partial charge >= 0.3 is 5.97 Å². The van der Waals surface area contributed by atoms with E-state index in [1.807, 2.05) is 30.3 Å². The van der Waals surface area contributed by atoms with Gasteiger partial charge in [0, 0.05) is 17.3 Å². The fraction of sp³-hybridized carbons (Fsp3) is 0.115. The van der Waals surface area contributed by atoms with Gasteiger partial charge in [0.25, 0.3) is 5.91 Å². The number of rotatable bonds is 5. The molecule has 1 aliphatic heterocycles. The van der Waals surface area contributed by atoms with Crippen LogP contribution >= 0.6 is 23.2 Å². The molecular weight excluding hydrogens is 475 g/mol. The Labute approximate surface area is 206 Å². The number of para-hydroxylation sites is 1. The fourth-order valence-electron chi connectivity index (χ4n) is 3.67. The Hall–Kier alpha value is -3.79. The predicted octanol–water partition coefficient (Wildman–Crippen LogP) is 5.72. The zero-order valence-corrected chi connectivity index (χ0v) is 19.6. The van der Waals surface area contributed by atoms with Crippen molar-refractivity contribution in [1.29, 1.82) is 5.26 Å². The number of benzene rings is 3. The highest BCUT2D eigenvalue weighted by Crippen LogP contribution is 2.32. The summed E-state index contributed by atoms with van der Waals surface area (Å²) in [5.41, 5.74) is 2.56. The zero-order chi connectivity index (χ0) is 24.2. The van der Waals surface area contributed by atoms with Gasteiger partial charge in [0.1, 0.15) is 11.6 Å². The third-order valence-electron chi connectivity index (χ3n) is 5.34. The van der Waals surface area contributed by atoms with Crippen molar-refractivity contribution in [1.82, 2.24) is 0 Å². The maximum Gasteiger partial charge on any atom is 0.345 e. The summed E-state index contributed by atoms with van der Waals surface area (Å²) < 4.78 is 10.8. The first kappa shape index (κ1) is 23.4. The molecule has 1 aliphatic rings. The lowest BCUT2D eigenvalue weighted by Gasteiger charge is -2.16. The largest absolute Gasteiger partial charge is 0.493 e. The topological polar surface area (TPSA) is 79.6 Å². The van der Waals surface area contributed by atoms with Gasteiger partial charge in [-0.25, -0.2) is 4.79 Å². The molecule has 0 spiro atoms. The van der Waals surface area contributed by atoms with Crippen LogP contribution in [0, 0.1) is 11.3 Å². The van der Waals surface area contributed by atoms with Crippen molar-refractivity contribution in [2.45, 2.75) is 6.42 Å². The Kier molecular flexibility index (Phi) is 6.87. The molecule has 3 aromatic carbocycles. The number of hydrogen-bond donors (Lipinski definition) is 0. The van der Waals surface area contributed by atoms with Crippen LogP contribution in [0.3, 0.4) is 0 Å². The van der Waals surface area contributed by atoms with Crippen LogP contribution in [0.1, 0.15) is 21.5 Å². The molecule has 1 amide bonds. The summed E-state index contributed by atoms with van der Waals surface area (Å²) in [6.45, 7) is 0.517. The molecule has 4 rings (SSSR count). The first-order chi connectivity index (χ1) is 16.4. The molecule has 34 heavy (non-hydrogen) atoms. The number of carbonyl (C=O) groups is 2. The molecule has 0 radical (unpaired) electrons. The van der Waals surface area contributed by atoms with Gasteiger partial charge in [0.05, 0.1) is 17.7 Å². The molecule has 0 aromatic heterocycles. The first-order valence-corrected chi connectivity index (χ1v) is 11.0. The molecule has 0 N–H and O–H groups in total. The van der Waals surface area contributed by atoms with Gasteiger partial charge in [0.2, 0.25) is 0 Å². The summed E-state index contributed by atoms with van der Waals surface area (Å²) in [6.07, 6.45) is 2.22.